The van der Waals surface area contributed by atoms with Gasteiger partial charge in [-0.25, -0.2) is 8.42 Å². The van der Waals surface area contributed by atoms with E-state index in [1.165, 1.54) is 24.6 Å². The Bertz CT molecular complexity index is 705. The lowest BCUT2D eigenvalue weighted by atomic mass is 10.2. The lowest BCUT2D eigenvalue weighted by molar-refractivity contribution is 0.0840. The summed E-state index contributed by atoms with van der Waals surface area (Å²) < 4.78 is 38.4. The van der Waals surface area contributed by atoms with Gasteiger partial charge in [-0.05, 0) is 32.4 Å². The summed E-state index contributed by atoms with van der Waals surface area (Å²) >= 11 is 0. The molecule has 1 aliphatic heterocycles. The fourth-order valence-corrected chi connectivity index (χ4v) is 5.12. The summed E-state index contributed by atoms with van der Waals surface area (Å²) in [6, 6.07) is 3.03. The van der Waals surface area contributed by atoms with Gasteiger partial charge in [0.05, 0.1) is 25.2 Å². The van der Waals surface area contributed by atoms with Crippen molar-refractivity contribution in [3.8, 4) is 11.5 Å². The number of β-amino-alcohol motifs (C(OH)–C–C–N with tert-alkyl or cyclic N) is 1. The number of ether oxygens (including phenoxy) is 2. The maximum atomic E-state index is 13.2. The van der Waals surface area contributed by atoms with Crippen molar-refractivity contribution in [2.75, 3.05) is 40.4 Å². The first-order valence-electron chi connectivity index (χ1n) is 8.35. The zero-order chi connectivity index (χ0) is 18.8. The number of sulfonamides is 1. The topological polar surface area (TPSA) is 79.3 Å². The summed E-state index contributed by atoms with van der Waals surface area (Å²) in [4.78, 5) is 2.32. The lowest BCUT2D eigenvalue weighted by Gasteiger charge is -2.39. The number of aliphatic hydroxyl groups is 1. The van der Waals surface area contributed by atoms with E-state index in [0.29, 0.717) is 43.2 Å². The molecule has 1 aromatic rings. The molecule has 7 nitrogen and oxygen atoms in total. The first kappa shape index (κ1) is 20.0. The normalized spacial score (nSPS) is 21.1. The smallest absolute Gasteiger partial charge is 0.243 e. The third-order valence-electron chi connectivity index (χ3n) is 4.44. The number of benzene rings is 1. The van der Waals surface area contributed by atoms with Crippen molar-refractivity contribution in [2.24, 2.45) is 0 Å². The predicted octanol–water partition coefficient (Wildman–Crippen LogP) is 1.09. The van der Waals surface area contributed by atoms with Crippen LogP contribution in [0.3, 0.4) is 0 Å². The van der Waals surface area contributed by atoms with E-state index in [-0.39, 0.29) is 10.9 Å². The minimum atomic E-state index is -3.64. The van der Waals surface area contributed by atoms with E-state index in [4.69, 9.17) is 9.47 Å². The molecule has 1 fully saturated rings. The Hall–Kier alpha value is -1.35. The van der Waals surface area contributed by atoms with Crippen LogP contribution in [0.4, 0.5) is 0 Å². The van der Waals surface area contributed by atoms with E-state index in [2.05, 4.69) is 4.90 Å². The van der Waals surface area contributed by atoms with Crippen LogP contribution in [0, 0.1) is 6.92 Å². The average molecular weight is 372 g/mol. The number of aryl methyl sites for hydroxylation is 1. The summed E-state index contributed by atoms with van der Waals surface area (Å²) in [5, 5.41) is 9.54. The van der Waals surface area contributed by atoms with E-state index < -0.39 is 16.1 Å². The molecule has 0 bridgehead atoms. The van der Waals surface area contributed by atoms with Crippen molar-refractivity contribution in [3.05, 3.63) is 17.7 Å². The molecule has 2 rings (SSSR count). The van der Waals surface area contributed by atoms with Gasteiger partial charge in [-0.3, -0.25) is 4.90 Å². The highest BCUT2D eigenvalue weighted by atomic mass is 32.2. The Balaban J connectivity index is 2.30. The van der Waals surface area contributed by atoms with Crippen molar-refractivity contribution in [1.29, 1.82) is 0 Å². The van der Waals surface area contributed by atoms with Crippen LogP contribution in [0.1, 0.15) is 19.4 Å². The van der Waals surface area contributed by atoms with E-state index in [0.717, 1.165) is 0 Å². The maximum absolute atomic E-state index is 13.2. The van der Waals surface area contributed by atoms with Crippen LogP contribution in [-0.4, -0.2) is 75.3 Å². The van der Waals surface area contributed by atoms with Crippen LogP contribution >= 0.6 is 0 Å². The van der Waals surface area contributed by atoms with Crippen molar-refractivity contribution >= 4 is 10.0 Å². The Morgan fingerprint density at radius 3 is 2.36 bits per heavy atom. The highest BCUT2D eigenvalue weighted by Crippen LogP contribution is 2.34. The highest BCUT2D eigenvalue weighted by Gasteiger charge is 2.35. The molecule has 0 amide bonds. The molecule has 1 heterocycles. The molecule has 25 heavy (non-hydrogen) atoms. The van der Waals surface area contributed by atoms with Gasteiger partial charge in [-0.2, -0.15) is 4.31 Å². The molecule has 1 aliphatic rings. The number of methoxy groups -OCH3 is 2. The van der Waals surface area contributed by atoms with Gasteiger partial charge in [-0.1, -0.05) is 0 Å². The molecule has 0 radical (unpaired) electrons. The van der Waals surface area contributed by atoms with Crippen molar-refractivity contribution in [1.82, 2.24) is 9.21 Å². The molecule has 1 saturated heterocycles. The second-order valence-electron chi connectivity index (χ2n) is 6.55. The van der Waals surface area contributed by atoms with Gasteiger partial charge in [0.1, 0.15) is 0 Å². The van der Waals surface area contributed by atoms with Gasteiger partial charge in [0.15, 0.2) is 11.5 Å². The molecule has 2 atom stereocenters. The average Bonchev–Trinajstić information content (AvgIpc) is 2.53. The first-order valence-corrected chi connectivity index (χ1v) is 9.79. The Labute approximate surface area is 150 Å². The molecule has 0 aliphatic carbocycles. The number of piperazine rings is 1. The molecular formula is C17H28N2O5S. The van der Waals surface area contributed by atoms with Gasteiger partial charge in [-0.15, -0.1) is 0 Å². The summed E-state index contributed by atoms with van der Waals surface area (Å²) in [5.74, 6) is 0.904. The Morgan fingerprint density at radius 2 is 1.84 bits per heavy atom. The van der Waals surface area contributed by atoms with E-state index in [1.807, 2.05) is 6.92 Å². The molecule has 142 valence electrons. The summed E-state index contributed by atoms with van der Waals surface area (Å²) in [6.45, 7) is 7.51. The fraction of sp³-hybridized carbons (Fsp3) is 0.647. The minimum Gasteiger partial charge on any atom is -0.493 e. The van der Waals surface area contributed by atoms with Gasteiger partial charge in [0.2, 0.25) is 10.0 Å². The molecule has 0 aromatic heterocycles. The summed E-state index contributed by atoms with van der Waals surface area (Å²) in [7, 11) is -0.633. The number of aliphatic hydroxyl groups excluding tert-OH is 1. The lowest BCUT2D eigenvalue weighted by Crippen LogP contribution is -2.54. The van der Waals surface area contributed by atoms with E-state index in [9.17, 15) is 13.5 Å². The molecule has 0 unspecified atom stereocenters. The Kier molecular flexibility index (Phi) is 6.31. The van der Waals surface area contributed by atoms with Crippen LogP contribution < -0.4 is 9.47 Å². The van der Waals surface area contributed by atoms with Gasteiger partial charge in [0.25, 0.3) is 0 Å². The van der Waals surface area contributed by atoms with Crippen molar-refractivity contribution in [3.63, 3.8) is 0 Å². The largest absolute Gasteiger partial charge is 0.493 e. The zero-order valence-corrected chi connectivity index (χ0v) is 16.3. The Morgan fingerprint density at radius 1 is 1.24 bits per heavy atom. The van der Waals surface area contributed by atoms with Crippen LogP contribution in [0.2, 0.25) is 0 Å². The SMILES string of the molecule is COc1cc(C)c(S(=O)(=O)N2CCN(C[C@@H](C)O)C[C@H]2C)cc1OC. The standard InChI is InChI=1S/C17H28N2O5S/c1-12-8-15(23-4)16(24-5)9-17(12)25(21,22)19-7-6-18(10-13(19)2)11-14(3)20/h8-9,13-14,20H,6-7,10-11H2,1-5H3/t13-,14-/m1/s1. The molecular weight excluding hydrogens is 344 g/mol. The van der Waals surface area contributed by atoms with Crippen molar-refractivity contribution < 1.29 is 23.0 Å². The molecule has 8 heteroatoms. The fourth-order valence-electron chi connectivity index (χ4n) is 3.28. The van der Waals surface area contributed by atoms with E-state index >= 15 is 0 Å². The van der Waals surface area contributed by atoms with Crippen LogP contribution in [-0.2, 0) is 10.0 Å². The monoisotopic (exact) mass is 372 g/mol. The van der Waals surface area contributed by atoms with Gasteiger partial charge < -0.3 is 14.6 Å². The minimum absolute atomic E-state index is 0.176. The zero-order valence-electron chi connectivity index (χ0n) is 15.5. The van der Waals surface area contributed by atoms with Gasteiger partial charge >= 0.3 is 0 Å². The van der Waals surface area contributed by atoms with Crippen molar-refractivity contribution in [2.45, 2.75) is 37.8 Å². The van der Waals surface area contributed by atoms with Crippen LogP contribution in [0.25, 0.3) is 0 Å². The van der Waals surface area contributed by atoms with E-state index in [1.54, 1.807) is 19.9 Å². The maximum Gasteiger partial charge on any atom is 0.243 e. The molecule has 0 saturated carbocycles. The summed E-state index contributed by atoms with van der Waals surface area (Å²) in [5.41, 5.74) is 0.622. The molecule has 0 spiro atoms. The second kappa shape index (κ2) is 7.90. The highest BCUT2D eigenvalue weighted by molar-refractivity contribution is 7.89. The predicted molar refractivity (Wildman–Crippen MR) is 95.8 cm³/mol. The van der Waals surface area contributed by atoms with Crippen LogP contribution in [0.5, 0.6) is 11.5 Å². The molecule has 1 aromatic carbocycles. The number of nitrogens with zero attached hydrogens (tertiary/aromatic N) is 2. The second-order valence-corrected chi connectivity index (χ2v) is 8.41. The first-order chi connectivity index (χ1) is 11.7. The van der Waals surface area contributed by atoms with Crippen LogP contribution in [0.15, 0.2) is 17.0 Å². The molecule has 1 N–H and O–H groups in total. The number of rotatable bonds is 6. The third-order valence-corrected chi connectivity index (χ3v) is 6.60. The third kappa shape index (κ3) is 4.25. The number of hydrogen-bond donors (Lipinski definition) is 1. The summed E-state index contributed by atoms with van der Waals surface area (Å²) in [6.07, 6.45) is -0.427. The number of hydrogen-bond acceptors (Lipinski definition) is 6. The quantitative estimate of drug-likeness (QED) is 0.805. The van der Waals surface area contributed by atoms with Gasteiger partial charge in [0, 0.05) is 38.3 Å².